The van der Waals surface area contributed by atoms with Gasteiger partial charge in [0.25, 0.3) is 5.56 Å². The van der Waals surface area contributed by atoms with Crippen LogP contribution in [0, 0.1) is 11.3 Å². The lowest BCUT2D eigenvalue weighted by atomic mass is 10.1. The van der Waals surface area contributed by atoms with Crippen LogP contribution in [0.3, 0.4) is 0 Å². The van der Waals surface area contributed by atoms with Crippen molar-refractivity contribution >= 4 is 12.4 Å². The highest BCUT2D eigenvalue weighted by Crippen LogP contribution is 2.21. The topological polar surface area (TPSA) is 79.9 Å². The summed E-state index contributed by atoms with van der Waals surface area (Å²) in [7, 11) is 1.61. The second-order valence-electron chi connectivity index (χ2n) is 5.55. The van der Waals surface area contributed by atoms with Crippen molar-refractivity contribution in [3.05, 3.63) is 57.5 Å². The lowest BCUT2D eigenvalue weighted by molar-refractivity contribution is 0.414. The predicted molar refractivity (Wildman–Crippen MR) is 92.5 cm³/mol. The molecule has 1 aromatic heterocycles. The van der Waals surface area contributed by atoms with Crippen molar-refractivity contribution in [3.8, 4) is 11.8 Å². The molecule has 2 heterocycles. The van der Waals surface area contributed by atoms with Crippen molar-refractivity contribution in [2.45, 2.75) is 25.4 Å². The van der Waals surface area contributed by atoms with Gasteiger partial charge in [-0.25, -0.2) is 4.68 Å². The first-order valence-electron chi connectivity index (χ1n) is 7.59. The highest BCUT2D eigenvalue weighted by molar-refractivity contribution is 5.85. The molecule has 6 nitrogen and oxygen atoms in total. The largest absolute Gasteiger partial charge is 0.497 e. The summed E-state index contributed by atoms with van der Waals surface area (Å²) in [5.74, 6) is 0.760. The lowest BCUT2D eigenvalue weighted by Gasteiger charge is -2.13. The average Bonchev–Trinajstić information content (AvgIpc) is 3.12. The molecule has 3 rings (SSSR count). The summed E-state index contributed by atoms with van der Waals surface area (Å²) >= 11 is 0. The second kappa shape index (κ2) is 7.95. The van der Waals surface area contributed by atoms with Crippen LogP contribution in [0.25, 0.3) is 0 Å². The number of benzene rings is 1. The van der Waals surface area contributed by atoms with Crippen molar-refractivity contribution in [1.29, 1.82) is 5.26 Å². The van der Waals surface area contributed by atoms with Gasteiger partial charge in [0, 0.05) is 0 Å². The van der Waals surface area contributed by atoms with Crippen LogP contribution in [0.5, 0.6) is 5.75 Å². The molecule has 1 aliphatic heterocycles. The molecule has 126 valence electrons. The molecule has 0 radical (unpaired) electrons. The number of nitrogens with zero attached hydrogens (tertiary/aromatic N) is 3. The Bertz CT molecular complexity index is 790. The number of rotatable bonds is 4. The summed E-state index contributed by atoms with van der Waals surface area (Å²) in [6, 6.07) is 11.2. The zero-order chi connectivity index (χ0) is 16.2. The fraction of sp³-hybridized carbons (Fsp3) is 0.353. The summed E-state index contributed by atoms with van der Waals surface area (Å²) in [6.45, 7) is 1.27. The van der Waals surface area contributed by atoms with E-state index in [4.69, 9.17) is 4.74 Å². The Kier molecular flexibility index (Phi) is 5.96. The van der Waals surface area contributed by atoms with Gasteiger partial charge in [0.05, 0.1) is 25.4 Å². The number of methoxy groups -OCH3 is 1. The minimum atomic E-state index is -0.356. The predicted octanol–water partition coefficient (Wildman–Crippen LogP) is 2.02. The highest BCUT2D eigenvalue weighted by atomic mass is 35.5. The molecule has 0 bridgehead atoms. The quantitative estimate of drug-likeness (QED) is 0.916. The molecular weight excluding hydrogens is 328 g/mol. The third-order valence-corrected chi connectivity index (χ3v) is 4.02. The molecule has 1 unspecified atom stereocenters. The molecule has 0 aliphatic carbocycles. The number of nitriles is 1. The third kappa shape index (κ3) is 3.75. The van der Waals surface area contributed by atoms with Gasteiger partial charge in [-0.2, -0.15) is 10.4 Å². The summed E-state index contributed by atoms with van der Waals surface area (Å²) in [6.07, 6.45) is 2.05. The molecule has 0 spiro atoms. The Hall–Kier alpha value is -2.36. The molecule has 7 heteroatoms. The van der Waals surface area contributed by atoms with Gasteiger partial charge in [-0.3, -0.25) is 4.79 Å². The van der Waals surface area contributed by atoms with E-state index in [-0.39, 0.29) is 29.6 Å². The van der Waals surface area contributed by atoms with E-state index in [1.807, 2.05) is 30.3 Å². The Balaban J connectivity index is 0.00000208. The van der Waals surface area contributed by atoms with E-state index < -0.39 is 0 Å². The molecule has 1 aliphatic rings. The van der Waals surface area contributed by atoms with Gasteiger partial charge in [-0.05, 0) is 43.1 Å². The number of halogens is 1. The van der Waals surface area contributed by atoms with Crippen LogP contribution < -0.4 is 15.6 Å². The van der Waals surface area contributed by atoms with E-state index in [1.54, 1.807) is 13.2 Å². The van der Waals surface area contributed by atoms with Crippen molar-refractivity contribution in [1.82, 2.24) is 15.1 Å². The summed E-state index contributed by atoms with van der Waals surface area (Å²) in [4.78, 5) is 12.3. The summed E-state index contributed by atoms with van der Waals surface area (Å²) in [5, 5.41) is 17.0. The molecule has 1 fully saturated rings. The Morgan fingerprint density at radius 1 is 1.42 bits per heavy atom. The van der Waals surface area contributed by atoms with Crippen molar-refractivity contribution in [2.75, 3.05) is 13.7 Å². The minimum Gasteiger partial charge on any atom is -0.497 e. The summed E-state index contributed by atoms with van der Waals surface area (Å²) in [5.41, 5.74) is 1.47. The average molecular weight is 347 g/mol. The fourth-order valence-electron chi connectivity index (χ4n) is 2.76. The van der Waals surface area contributed by atoms with Crippen LogP contribution in [-0.4, -0.2) is 23.4 Å². The van der Waals surface area contributed by atoms with Crippen LogP contribution in [0.4, 0.5) is 0 Å². The Morgan fingerprint density at radius 2 is 2.17 bits per heavy atom. The smallest absolute Gasteiger partial charge is 0.284 e. The van der Waals surface area contributed by atoms with Crippen LogP contribution in [0.2, 0.25) is 0 Å². The number of nitrogens with one attached hydrogen (secondary N) is 1. The Morgan fingerprint density at radius 3 is 2.75 bits per heavy atom. The summed E-state index contributed by atoms with van der Waals surface area (Å²) < 4.78 is 6.50. The van der Waals surface area contributed by atoms with E-state index in [2.05, 4.69) is 10.4 Å². The van der Waals surface area contributed by atoms with E-state index in [1.165, 1.54) is 4.68 Å². The normalized spacial score (nSPS) is 16.2. The fourth-order valence-corrected chi connectivity index (χ4v) is 2.76. The number of hydrogen-bond donors (Lipinski definition) is 1. The first kappa shape index (κ1) is 18.0. The van der Waals surface area contributed by atoms with Crippen molar-refractivity contribution in [3.63, 3.8) is 0 Å². The number of hydrogen-bond acceptors (Lipinski definition) is 5. The van der Waals surface area contributed by atoms with E-state index in [0.29, 0.717) is 6.54 Å². The molecule has 24 heavy (non-hydrogen) atoms. The van der Waals surface area contributed by atoms with Gasteiger partial charge in [0.1, 0.15) is 17.4 Å². The van der Waals surface area contributed by atoms with Gasteiger partial charge in [-0.1, -0.05) is 12.1 Å². The second-order valence-corrected chi connectivity index (χ2v) is 5.55. The van der Waals surface area contributed by atoms with E-state index in [0.717, 1.165) is 36.4 Å². The van der Waals surface area contributed by atoms with Crippen LogP contribution in [0.15, 0.2) is 35.1 Å². The maximum Gasteiger partial charge on any atom is 0.284 e. The number of aromatic nitrogens is 2. The molecule has 1 N–H and O–H groups in total. The first-order chi connectivity index (χ1) is 11.2. The zero-order valence-electron chi connectivity index (χ0n) is 13.4. The molecule has 1 saturated heterocycles. The maximum atomic E-state index is 12.3. The number of ether oxygens (including phenoxy) is 1. The standard InChI is InChI=1S/C17H18N4O2.ClH/c1-23-14-6-4-12(5-7-14)11-21-17(22)13(10-18)9-16(20-21)15-3-2-8-19-15;/h4-7,9,15,19H,2-3,8,11H2,1H3;1H. The van der Waals surface area contributed by atoms with Gasteiger partial charge in [0.15, 0.2) is 0 Å². The monoisotopic (exact) mass is 346 g/mol. The molecule has 0 saturated carbocycles. The molecular formula is C17H19ClN4O2. The van der Waals surface area contributed by atoms with Gasteiger partial charge in [-0.15, -0.1) is 12.4 Å². The van der Waals surface area contributed by atoms with Gasteiger partial charge >= 0.3 is 0 Å². The van der Waals surface area contributed by atoms with Crippen LogP contribution in [-0.2, 0) is 6.54 Å². The van der Waals surface area contributed by atoms with E-state index >= 15 is 0 Å². The van der Waals surface area contributed by atoms with E-state index in [9.17, 15) is 10.1 Å². The molecule has 0 amide bonds. The molecule has 2 aromatic rings. The molecule has 1 aromatic carbocycles. The highest BCUT2D eigenvalue weighted by Gasteiger charge is 2.20. The first-order valence-corrected chi connectivity index (χ1v) is 7.59. The lowest BCUT2D eigenvalue weighted by Crippen LogP contribution is -2.29. The maximum absolute atomic E-state index is 12.3. The van der Waals surface area contributed by atoms with Gasteiger partial charge in [0.2, 0.25) is 0 Å². The third-order valence-electron chi connectivity index (χ3n) is 4.02. The Labute approximate surface area is 146 Å². The SMILES string of the molecule is COc1ccc(Cn2nc(C3CCCN3)cc(C#N)c2=O)cc1.Cl. The van der Waals surface area contributed by atoms with Crippen LogP contribution in [0.1, 0.15) is 35.7 Å². The van der Waals surface area contributed by atoms with Gasteiger partial charge < -0.3 is 10.1 Å². The zero-order valence-corrected chi connectivity index (χ0v) is 14.2. The van der Waals surface area contributed by atoms with Crippen LogP contribution >= 0.6 is 12.4 Å². The van der Waals surface area contributed by atoms with Crippen molar-refractivity contribution in [2.24, 2.45) is 0 Å². The molecule has 1 atom stereocenters. The minimum absolute atomic E-state index is 0. The van der Waals surface area contributed by atoms with Crippen molar-refractivity contribution < 1.29 is 4.74 Å².